The summed E-state index contributed by atoms with van der Waals surface area (Å²) in [6.07, 6.45) is -0.449. The first kappa shape index (κ1) is 15.5. The summed E-state index contributed by atoms with van der Waals surface area (Å²) in [5.41, 5.74) is 0.352. The minimum Gasteiger partial charge on any atom is -0.446 e. The van der Waals surface area contributed by atoms with Crippen molar-refractivity contribution in [2.24, 2.45) is 0 Å². The van der Waals surface area contributed by atoms with Crippen molar-refractivity contribution in [1.29, 1.82) is 0 Å². The van der Waals surface area contributed by atoms with E-state index in [0.717, 1.165) is 44.2 Å². The highest BCUT2D eigenvalue weighted by atomic mass is 19.4. The molecule has 2 rings (SSSR count). The molecule has 1 aromatic carbocycles. The lowest BCUT2D eigenvalue weighted by molar-refractivity contribution is -0.274. The van der Waals surface area contributed by atoms with Crippen LogP contribution in [0.2, 0.25) is 0 Å². The number of ether oxygens (including phenoxy) is 2. The number of benzene rings is 1. The number of hydrogen-bond donors (Lipinski definition) is 1. The number of carbonyl (C=O) groups excluding carboxylic acids is 1. The molecule has 0 bridgehead atoms. The number of halogens is 3. The Bertz CT molecular complexity index is 467. The van der Waals surface area contributed by atoms with E-state index < -0.39 is 12.5 Å². The molecular weight excluding hydrogens is 287 g/mol. The molecule has 1 aromatic rings. The predicted molar refractivity (Wildman–Crippen MR) is 70.1 cm³/mol. The van der Waals surface area contributed by atoms with Gasteiger partial charge < -0.3 is 9.47 Å². The maximum Gasteiger partial charge on any atom is 0.573 e. The zero-order valence-electron chi connectivity index (χ0n) is 11.3. The van der Waals surface area contributed by atoms with Gasteiger partial charge in [-0.1, -0.05) is 6.42 Å². The number of hydrogen-bond acceptors (Lipinski definition) is 3. The molecule has 1 N–H and O–H groups in total. The summed E-state index contributed by atoms with van der Waals surface area (Å²) in [6, 6.07) is 4.90. The monoisotopic (exact) mass is 303 g/mol. The number of rotatable bonds is 3. The smallest absolute Gasteiger partial charge is 0.446 e. The minimum atomic E-state index is -4.73. The molecule has 1 amide bonds. The lowest BCUT2D eigenvalue weighted by atomic mass is 9.98. The Hall–Kier alpha value is -1.92. The van der Waals surface area contributed by atoms with Crippen LogP contribution in [0.25, 0.3) is 0 Å². The average molecular weight is 303 g/mol. The van der Waals surface area contributed by atoms with Crippen LogP contribution in [-0.2, 0) is 4.74 Å². The molecule has 21 heavy (non-hydrogen) atoms. The topological polar surface area (TPSA) is 47.6 Å². The first-order valence-electron chi connectivity index (χ1n) is 6.76. The molecule has 0 aromatic heterocycles. The SMILES string of the molecule is O=C(Nc1ccc(OC(F)(F)F)cc1)OC1CCCCC1. The summed E-state index contributed by atoms with van der Waals surface area (Å²) >= 11 is 0. The van der Waals surface area contributed by atoms with Crippen molar-refractivity contribution in [3.63, 3.8) is 0 Å². The fourth-order valence-electron chi connectivity index (χ4n) is 2.22. The van der Waals surface area contributed by atoms with E-state index in [4.69, 9.17) is 4.74 Å². The van der Waals surface area contributed by atoms with Crippen molar-refractivity contribution in [2.75, 3.05) is 5.32 Å². The Morgan fingerprint density at radius 2 is 1.71 bits per heavy atom. The third-order valence-electron chi connectivity index (χ3n) is 3.16. The molecule has 7 heteroatoms. The summed E-state index contributed by atoms with van der Waals surface area (Å²) in [5.74, 6) is -0.339. The Labute approximate surface area is 120 Å². The van der Waals surface area contributed by atoms with Gasteiger partial charge in [-0.05, 0) is 49.9 Å². The summed E-state index contributed by atoms with van der Waals surface area (Å²) in [6.45, 7) is 0. The van der Waals surface area contributed by atoms with E-state index in [1.807, 2.05) is 0 Å². The maximum atomic E-state index is 12.0. The Kier molecular flexibility index (Phi) is 4.93. The molecule has 0 saturated heterocycles. The summed E-state index contributed by atoms with van der Waals surface area (Å²) < 4.78 is 45.0. The fraction of sp³-hybridized carbons (Fsp3) is 0.500. The summed E-state index contributed by atoms with van der Waals surface area (Å²) in [5, 5.41) is 2.48. The maximum absolute atomic E-state index is 12.0. The molecule has 0 atom stereocenters. The third kappa shape index (κ3) is 5.53. The quantitative estimate of drug-likeness (QED) is 0.896. The van der Waals surface area contributed by atoms with Gasteiger partial charge in [-0.15, -0.1) is 13.2 Å². The van der Waals surface area contributed by atoms with Crippen LogP contribution in [0, 0.1) is 0 Å². The van der Waals surface area contributed by atoms with E-state index in [0.29, 0.717) is 5.69 Å². The van der Waals surface area contributed by atoms with Gasteiger partial charge in [-0.25, -0.2) is 4.79 Å². The van der Waals surface area contributed by atoms with E-state index in [2.05, 4.69) is 10.1 Å². The Morgan fingerprint density at radius 1 is 1.10 bits per heavy atom. The molecular formula is C14H16F3NO3. The summed E-state index contributed by atoms with van der Waals surface area (Å²) in [7, 11) is 0. The normalized spacial score (nSPS) is 16.3. The van der Waals surface area contributed by atoms with Crippen molar-refractivity contribution < 1.29 is 27.4 Å². The highest BCUT2D eigenvalue weighted by molar-refractivity contribution is 5.84. The Morgan fingerprint density at radius 3 is 2.29 bits per heavy atom. The van der Waals surface area contributed by atoms with Crippen molar-refractivity contribution in [3.05, 3.63) is 24.3 Å². The second-order valence-corrected chi connectivity index (χ2v) is 4.86. The highest BCUT2D eigenvalue weighted by Gasteiger charge is 2.31. The van der Waals surface area contributed by atoms with Crippen LogP contribution in [0.5, 0.6) is 5.75 Å². The lowest BCUT2D eigenvalue weighted by Gasteiger charge is -2.21. The molecule has 1 aliphatic rings. The van der Waals surface area contributed by atoms with Gasteiger partial charge in [0.15, 0.2) is 0 Å². The fourth-order valence-corrected chi connectivity index (χ4v) is 2.22. The van der Waals surface area contributed by atoms with E-state index in [1.54, 1.807) is 0 Å². The number of anilines is 1. The highest BCUT2D eigenvalue weighted by Crippen LogP contribution is 2.24. The molecule has 0 spiro atoms. The molecule has 1 fully saturated rings. The van der Waals surface area contributed by atoms with Crippen molar-refractivity contribution >= 4 is 11.8 Å². The van der Waals surface area contributed by atoms with Crippen LogP contribution < -0.4 is 10.1 Å². The molecule has 116 valence electrons. The predicted octanol–water partition coefficient (Wildman–Crippen LogP) is 4.47. The van der Waals surface area contributed by atoms with Gasteiger partial charge in [0.05, 0.1) is 0 Å². The van der Waals surface area contributed by atoms with Gasteiger partial charge in [0.25, 0.3) is 0 Å². The number of alkyl halides is 3. The van der Waals surface area contributed by atoms with E-state index in [-0.39, 0.29) is 11.9 Å². The zero-order chi connectivity index (χ0) is 15.3. The van der Waals surface area contributed by atoms with E-state index in [9.17, 15) is 18.0 Å². The lowest BCUT2D eigenvalue weighted by Crippen LogP contribution is -2.24. The van der Waals surface area contributed by atoms with Crippen LogP contribution in [0.4, 0.5) is 23.7 Å². The van der Waals surface area contributed by atoms with Crippen LogP contribution in [0.15, 0.2) is 24.3 Å². The first-order chi connectivity index (χ1) is 9.92. The largest absolute Gasteiger partial charge is 0.573 e. The van der Waals surface area contributed by atoms with Crippen LogP contribution >= 0.6 is 0 Å². The standard InChI is InChI=1S/C14H16F3NO3/c15-14(16,17)21-12-8-6-10(7-9-12)18-13(19)20-11-4-2-1-3-5-11/h6-9,11H,1-5H2,(H,18,19). The summed E-state index contributed by atoms with van der Waals surface area (Å²) in [4.78, 5) is 11.6. The van der Waals surface area contributed by atoms with Crippen molar-refractivity contribution in [2.45, 2.75) is 44.6 Å². The first-order valence-corrected chi connectivity index (χ1v) is 6.76. The van der Waals surface area contributed by atoms with E-state index >= 15 is 0 Å². The second-order valence-electron chi connectivity index (χ2n) is 4.86. The molecule has 0 radical (unpaired) electrons. The molecule has 1 saturated carbocycles. The van der Waals surface area contributed by atoms with E-state index in [1.165, 1.54) is 12.1 Å². The van der Waals surface area contributed by atoms with Crippen LogP contribution in [-0.4, -0.2) is 18.6 Å². The minimum absolute atomic E-state index is 0.0772. The number of carbonyl (C=O) groups is 1. The number of nitrogens with one attached hydrogen (secondary N) is 1. The third-order valence-corrected chi connectivity index (χ3v) is 3.16. The van der Waals surface area contributed by atoms with Crippen molar-refractivity contribution in [1.82, 2.24) is 0 Å². The molecule has 1 aliphatic carbocycles. The molecule has 0 aliphatic heterocycles. The second kappa shape index (κ2) is 6.69. The van der Waals surface area contributed by atoms with Gasteiger partial charge in [-0.2, -0.15) is 0 Å². The van der Waals surface area contributed by atoms with Crippen molar-refractivity contribution in [3.8, 4) is 5.75 Å². The van der Waals surface area contributed by atoms with Gasteiger partial charge in [0.1, 0.15) is 11.9 Å². The average Bonchev–Trinajstić information content (AvgIpc) is 2.40. The molecule has 0 heterocycles. The Balaban J connectivity index is 1.83. The van der Waals surface area contributed by atoms with Gasteiger partial charge in [0.2, 0.25) is 0 Å². The zero-order valence-corrected chi connectivity index (χ0v) is 11.3. The molecule has 4 nitrogen and oxygen atoms in total. The van der Waals surface area contributed by atoms with Crippen LogP contribution in [0.3, 0.4) is 0 Å². The molecule has 0 unspecified atom stereocenters. The van der Waals surface area contributed by atoms with Gasteiger partial charge >= 0.3 is 12.5 Å². The van der Waals surface area contributed by atoms with Gasteiger partial charge in [-0.3, -0.25) is 5.32 Å². The van der Waals surface area contributed by atoms with Gasteiger partial charge in [0, 0.05) is 5.69 Å². The number of amides is 1. The van der Waals surface area contributed by atoms with Crippen LogP contribution in [0.1, 0.15) is 32.1 Å².